The summed E-state index contributed by atoms with van der Waals surface area (Å²) in [4.78, 5) is 0. The van der Waals surface area contributed by atoms with E-state index in [1.807, 2.05) is 0 Å². The minimum atomic E-state index is -3.00. The second kappa shape index (κ2) is 13.7. The summed E-state index contributed by atoms with van der Waals surface area (Å²) in [5.41, 5.74) is 18.2. The average molecular weight is 788 g/mol. The number of allylic oxidation sites excluding steroid dienone is 2. The molecule has 3 heteroatoms. The molecule has 0 saturated carbocycles. The van der Waals surface area contributed by atoms with Crippen LogP contribution in [-0.2, 0) is 20.0 Å². The molecule has 4 aromatic carbocycles. The Morgan fingerprint density at radius 2 is 0.977 bits per heavy atom. The Hall–Kier alpha value is -2.19. The summed E-state index contributed by atoms with van der Waals surface area (Å²) in [6.07, 6.45) is 11.7. The molecule has 2 aliphatic carbocycles. The van der Waals surface area contributed by atoms with Crippen molar-refractivity contribution < 1.29 is 20.0 Å². The molecule has 7 rings (SSSR count). The second-order valence-corrected chi connectivity index (χ2v) is 29.8. The molecule has 228 valence electrons. The van der Waals surface area contributed by atoms with Gasteiger partial charge in [-0.2, -0.15) is 0 Å². The maximum absolute atomic E-state index is 3.00. The molecule has 3 aliphatic rings. The molecule has 0 radical (unpaired) electrons. The molecule has 0 spiro atoms. The molecular formula is C41H46Cl2Hf. The van der Waals surface area contributed by atoms with Gasteiger partial charge >= 0.3 is 259 Å². The number of hydrogen-bond donors (Lipinski definition) is 0. The van der Waals surface area contributed by atoms with Crippen LogP contribution in [0, 0.1) is 13.8 Å². The smallest absolute Gasteiger partial charge is 0.147 e. The van der Waals surface area contributed by atoms with Gasteiger partial charge in [-0.3, -0.25) is 0 Å². The Morgan fingerprint density at radius 1 is 0.568 bits per heavy atom. The standard InChI is InChI=1S/2C19H19.C3H6.2ClH.Hf/c2*1-3-5-15-12-17-6-4-7-18(19(17)13-15)16-10-8-14(2)9-11-16;1-3-2;;;/h2*4,6-13H,3,5H2,1-2H3;1-3H2;2*1H;. The fourth-order valence-corrected chi connectivity index (χ4v) is 31.3. The minimum Gasteiger partial charge on any atom is -0.147 e. The van der Waals surface area contributed by atoms with Gasteiger partial charge in [0.05, 0.1) is 0 Å². The van der Waals surface area contributed by atoms with Gasteiger partial charge in [-0.05, 0) is 0 Å². The van der Waals surface area contributed by atoms with E-state index >= 15 is 0 Å². The molecule has 0 bridgehead atoms. The number of halogens is 2. The summed E-state index contributed by atoms with van der Waals surface area (Å²) in [7, 11) is 0. The molecule has 44 heavy (non-hydrogen) atoms. The van der Waals surface area contributed by atoms with E-state index in [1.54, 1.807) is 22.3 Å². The van der Waals surface area contributed by atoms with Gasteiger partial charge in [0.25, 0.3) is 0 Å². The van der Waals surface area contributed by atoms with Crippen LogP contribution < -0.4 is 0 Å². The molecule has 0 amide bonds. The minimum absolute atomic E-state index is 0. The van der Waals surface area contributed by atoms with Gasteiger partial charge in [0.2, 0.25) is 0 Å². The quantitative estimate of drug-likeness (QED) is 0.156. The van der Waals surface area contributed by atoms with Gasteiger partial charge in [-0.15, -0.1) is 24.8 Å². The fraction of sp³-hybridized carbons (Fsp3) is 0.317. The van der Waals surface area contributed by atoms with Gasteiger partial charge in [0.1, 0.15) is 0 Å². The van der Waals surface area contributed by atoms with Crippen LogP contribution >= 0.6 is 24.8 Å². The van der Waals surface area contributed by atoms with E-state index in [9.17, 15) is 0 Å². The van der Waals surface area contributed by atoms with E-state index < -0.39 is 20.0 Å². The summed E-state index contributed by atoms with van der Waals surface area (Å²) in [5.74, 6) is 0. The van der Waals surface area contributed by atoms with Gasteiger partial charge < -0.3 is 0 Å². The maximum Gasteiger partial charge on any atom is -0.147 e. The van der Waals surface area contributed by atoms with Crippen molar-refractivity contribution in [2.75, 3.05) is 0 Å². The Morgan fingerprint density at radius 3 is 1.32 bits per heavy atom. The van der Waals surface area contributed by atoms with Crippen LogP contribution in [0.15, 0.2) is 96.1 Å². The molecule has 4 aromatic rings. The maximum atomic E-state index is 2.67. The van der Waals surface area contributed by atoms with Gasteiger partial charge in [0, 0.05) is 0 Å². The van der Waals surface area contributed by atoms with Crippen LogP contribution in [0.4, 0.5) is 0 Å². The van der Waals surface area contributed by atoms with Crippen molar-refractivity contribution in [3.63, 3.8) is 0 Å². The second-order valence-electron chi connectivity index (χ2n) is 13.2. The molecular weight excluding hydrogens is 742 g/mol. The van der Waals surface area contributed by atoms with Crippen LogP contribution in [0.1, 0.15) is 86.7 Å². The Bertz CT molecular complexity index is 1570. The van der Waals surface area contributed by atoms with Crippen LogP contribution in [0.3, 0.4) is 0 Å². The fourth-order valence-electron chi connectivity index (χ4n) is 8.60. The molecule has 2 unspecified atom stereocenters. The Balaban J connectivity index is 0.00000192. The number of benzene rings is 4. The zero-order chi connectivity index (χ0) is 28.8. The average Bonchev–Trinajstić information content (AvgIpc) is 3.53. The molecule has 2 atom stereocenters. The number of rotatable bonds is 8. The van der Waals surface area contributed by atoms with E-state index in [1.165, 1.54) is 85.0 Å². The normalized spacial score (nSPS) is 19.1. The van der Waals surface area contributed by atoms with Crippen LogP contribution in [-0.4, -0.2) is 0 Å². The third-order valence-corrected chi connectivity index (χ3v) is 32.9. The van der Waals surface area contributed by atoms with Crippen molar-refractivity contribution in [2.24, 2.45) is 0 Å². The molecule has 1 heterocycles. The summed E-state index contributed by atoms with van der Waals surface area (Å²) in [5, 5.41) is 0. The summed E-state index contributed by atoms with van der Waals surface area (Å²) < 4.78 is 4.50. The topological polar surface area (TPSA) is 0 Å². The molecule has 1 saturated heterocycles. The third kappa shape index (κ3) is 5.56. The van der Waals surface area contributed by atoms with E-state index in [0.29, 0.717) is 7.35 Å². The Labute approximate surface area is 282 Å². The van der Waals surface area contributed by atoms with E-state index in [4.69, 9.17) is 0 Å². The molecule has 1 fully saturated rings. The molecule has 0 N–H and O–H groups in total. The van der Waals surface area contributed by atoms with Crippen LogP contribution in [0.5, 0.6) is 0 Å². The van der Waals surface area contributed by atoms with Crippen molar-refractivity contribution in [3.8, 4) is 22.3 Å². The summed E-state index contributed by atoms with van der Waals surface area (Å²) in [6, 6.07) is 32.9. The zero-order valence-corrected chi connectivity index (χ0v) is 31.9. The van der Waals surface area contributed by atoms with Gasteiger partial charge in [0.15, 0.2) is 0 Å². The first-order valence-electron chi connectivity index (χ1n) is 16.3. The third-order valence-electron chi connectivity index (χ3n) is 10.5. The van der Waals surface area contributed by atoms with Gasteiger partial charge in [-0.25, -0.2) is 0 Å². The van der Waals surface area contributed by atoms with E-state index in [0.717, 1.165) is 0 Å². The number of hydrogen-bond acceptors (Lipinski definition) is 0. The van der Waals surface area contributed by atoms with Gasteiger partial charge in [-0.1, -0.05) is 0 Å². The Kier molecular flexibility index (Phi) is 10.3. The monoisotopic (exact) mass is 788 g/mol. The number of aryl methyl sites for hydroxylation is 2. The van der Waals surface area contributed by atoms with Crippen molar-refractivity contribution in [1.82, 2.24) is 0 Å². The largest absolute Gasteiger partial charge is 0.147 e. The first-order chi connectivity index (χ1) is 20.5. The predicted octanol–water partition coefficient (Wildman–Crippen LogP) is 13.1. The van der Waals surface area contributed by atoms with Crippen LogP contribution in [0.2, 0.25) is 8.35 Å². The zero-order valence-electron chi connectivity index (χ0n) is 26.7. The van der Waals surface area contributed by atoms with Crippen molar-refractivity contribution in [1.29, 1.82) is 0 Å². The SMILES string of the molecule is CCCC1=Cc2c(-c3ccc(C)cc3)cccc2[CH]1[Hf]1([CH]2C(CCC)=Cc3c(-c4ccc(C)cc4)cccc32)[CH2]C[CH2]1.Cl.Cl. The van der Waals surface area contributed by atoms with Crippen LogP contribution in [0.25, 0.3) is 34.4 Å². The first kappa shape index (κ1) is 33.2. The predicted molar refractivity (Wildman–Crippen MR) is 193 cm³/mol. The number of fused-ring (bicyclic) bond motifs is 2. The van der Waals surface area contributed by atoms with Crippen molar-refractivity contribution in [3.05, 3.63) is 129 Å². The molecule has 0 aromatic heterocycles. The molecule has 1 aliphatic heterocycles. The van der Waals surface area contributed by atoms with Crippen molar-refractivity contribution in [2.45, 2.75) is 75.5 Å². The van der Waals surface area contributed by atoms with E-state index in [-0.39, 0.29) is 24.8 Å². The van der Waals surface area contributed by atoms with E-state index in [2.05, 4.69) is 125 Å². The van der Waals surface area contributed by atoms with Crippen molar-refractivity contribution >= 4 is 37.0 Å². The first-order valence-corrected chi connectivity index (χ1v) is 25.6. The summed E-state index contributed by atoms with van der Waals surface area (Å²) >= 11 is -3.00. The molecule has 0 nitrogen and oxygen atoms in total. The summed E-state index contributed by atoms with van der Waals surface area (Å²) in [6.45, 7) is 9.14.